The molecule has 18 heavy (non-hydrogen) atoms. The van der Waals surface area contributed by atoms with E-state index >= 15 is 0 Å². The Kier molecular flexibility index (Phi) is 4.82. The summed E-state index contributed by atoms with van der Waals surface area (Å²) >= 11 is 1.78. The van der Waals surface area contributed by atoms with Crippen LogP contribution in [-0.4, -0.2) is 25.8 Å². The molecule has 1 fully saturated rings. The number of hydrogen-bond donors (Lipinski definition) is 1. The van der Waals surface area contributed by atoms with Crippen molar-refractivity contribution >= 4 is 11.3 Å². The second-order valence-corrected chi connectivity index (χ2v) is 6.43. The maximum absolute atomic E-state index is 5.99. The van der Waals surface area contributed by atoms with E-state index in [-0.39, 0.29) is 5.60 Å². The molecule has 0 aromatic carbocycles. The largest absolute Gasteiger partial charge is 0.377 e. The highest BCUT2D eigenvalue weighted by atomic mass is 32.1. The van der Waals surface area contributed by atoms with Gasteiger partial charge in [-0.3, -0.25) is 0 Å². The van der Waals surface area contributed by atoms with E-state index in [4.69, 9.17) is 4.74 Å². The van der Waals surface area contributed by atoms with Crippen LogP contribution < -0.4 is 5.32 Å². The first-order valence-corrected chi connectivity index (χ1v) is 7.88. The molecule has 0 amide bonds. The molecule has 1 saturated carbocycles. The first kappa shape index (κ1) is 14.0. The number of ether oxygens (including phenoxy) is 1. The third-order valence-corrected chi connectivity index (χ3v) is 5.13. The minimum Gasteiger partial charge on any atom is -0.377 e. The first-order chi connectivity index (χ1) is 8.70. The van der Waals surface area contributed by atoms with Crippen LogP contribution in [0.2, 0.25) is 0 Å². The monoisotopic (exact) mass is 267 g/mol. The highest BCUT2D eigenvalue weighted by molar-refractivity contribution is 7.07. The van der Waals surface area contributed by atoms with Gasteiger partial charge in [0.05, 0.1) is 5.60 Å². The molecule has 1 aliphatic carbocycles. The fourth-order valence-electron chi connectivity index (χ4n) is 3.38. The maximum atomic E-state index is 5.99. The van der Waals surface area contributed by atoms with Crippen LogP contribution in [-0.2, 0) is 11.2 Å². The van der Waals surface area contributed by atoms with Gasteiger partial charge in [-0.15, -0.1) is 0 Å². The molecule has 1 N–H and O–H groups in total. The van der Waals surface area contributed by atoms with Gasteiger partial charge in [0.2, 0.25) is 0 Å². The van der Waals surface area contributed by atoms with E-state index in [0.717, 1.165) is 12.3 Å². The average molecular weight is 267 g/mol. The van der Waals surface area contributed by atoms with Gasteiger partial charge in [-0.05, 0) is 54.6 Å². The Morgan fingerprint density at radius 2 is 2.44 bits per heavy atom. The molecule has 1 aromatic heterocycles. The molecule has 1 aliphatic rings. The van der Waals surface area contributed by atoms with Crippen LogP contribution in [0.25, 0.3) is 0 Å². The zero-order valence-electron chi connectivity index (χ0n) is 11.7. The van der Waals surface area contributed by atoms with Crippen LogP contribution in [0.3, 0.4) is 0 Å². The Morgan fingerprint density at radius 1 is 1.61 bits per heavy atom. The fraction of sp³-hybridized carbons (Fsp3) is 0.733. The summed E-state index contributed by atoms with van der Waals surface area (Å²) in [7, 11) is 3.95. The Hall–Kier alpha value is -0.380. The zero-order chi connectivity index (χ0) is 13.0. The fourth-order valence-corrected chi connectivity index (χ4v) is 4.06. The van der Waals surface area contributed by atoms with E-state index in [1.165, 1.54) is 31.2 Å². The molecule has 3 heteroatoms. The maximum Gasteiger partial charge on any atom is 0.0836 e. The number of methoxy groups -OCH3 is 1. The normalized spacial score (nSPS) is 30.3. The molecule has 0 spiro atoms. The lowest BCUT2D eigenvalue weighted by molar-refractivity contribution is -0.0775. The summed E-state index contributed by atoms with van der Waals surface area (Å²) in [5.41, 5.74) is 1.45. The third-order valence-electron chi connectivity index (χ3n) is 4.40. The summed E-state index contributed by atoms with van der Waals surface area (Å²) < 4.78 is 5.99. The van der Waals surface area contributed by atoms with Gasteiger partial charge in [0, 0.05) is 13.2 Å². The van der Waals surface area contributed by atoms with Crippen LogP contribution >= 0.6 is 11.3 Å². The van der Waals surface area contributed by atoms with E-state index in [9.17, 15) is 0 Å². The molecular weight excluding hydrogens is 242 g/mol. The number of likely N-dealkylation sites (N-methyl/N-ethyl adjacent to an activating group) is 1. The molecular formula is C15H25NOS. The Bertz CT molecular complexity index is 351. The lowest BCUT2D eigenvalue weighted by Crippen LogP contribution is -2.54. The zero-order valence-corrected chi connectivity index (χ0v) is 12.6. The second-order valence-electron chi connectivity index (χ2n) is 5.65. The predicted molar refractivity (Wildman–Crippen MR) is 78.2 cm³/mol. The van der Waals surface area contributed by atoms with Crippen molar-refractivity contribution in [1.82, 2.24) is 5.32 Å². The van der Waals surface area contributed by atoms with Gasteiger partial charge in [-0.25, -0.2) is 0 Å². The van der Waals surface area contributed by atoms with Crippen molar-refractivity contribution in [2.75, 3.05) is 14.2 Å². The molecule has 102 valence electrons. The molecule has 2 nitrogen and oxygen atoms in total. The van der Waals surface area contributed by atoms with Crippen molar-refractivity contribution in [3.8, 4) is 0 Å². The van der Waals surface area contributed by atoms with Crippen molar-refractivity contribution in [3.63, 3.8) is 0 Å². The average Bonchev–Trinajstić information content (AvgIpc) is 2.88. The van der Waals surface area contributed by atoms with Gasteiger partial charge in [-0.1, -0.05) is 19.8 Å². The molecule has 0 radical (unpaired) electrons. The SMILES string of the molecule is CNC(Cc1ccsc1)C1(OC)CCCC(C)C1. The third kappa shape index (κ3) is 2.95. The molecule has 0 aliphatic heterocycles. The highest BCUT2D eigenvalue weighted by Crippen LogP contribution is 2.38. The van der Waals surface area contributed by atoms with Gasteiger partial charge in [-0.2, -0.15) is 11.3 Å². The molecule has 3 unspecified atom stereocenters. The molecule has 3 atom stereocenters. The predicted octanol–water partition coefficient (Wildman–Crippen LogP) is 3.47. The van der Waals surface area contributed by atoms with Crippen LogP contribution in [0, 0.1) is 5.92 Å². The molecule has 1 aromatic rings. The number of rotatable bonds is 5. The van der Waals surface area contributed by atoms with E-state index in [2.05, 4.69) is 36.1 Å². The van der Waals surface area contributed by atoms with Gasteiger partial charge in [0.1, 0.15) is 0 Å². The van der Waals surface area contributed by atoms with Crippen molar-refractivity contribution in [3.05, 3.63) is 22.4 Å². The Morgan fingerprint density at radius 3 is 3.00 bits per heavy atom. The topological polar surface area (TPSA) is 21.3 Å². The summed E-state index contributed by atoms with van der Waals surface area (Å²) in [6, 6.07) is 2.64. The number of nitrogens with one attached hydrogen (secondary N) is 1. The van der Waals surface area contributed by atoms with E-state index in [1.54, 1.807) is 11.3 Å². The van der Waals surface area contributed by atoms with Crippen molar-refractivity contribution in [2.45, 2.75) is 50.7 Å². The second kappa shape index (κ2) is 6.18. The van der Waals surface area contributed by atoms with Crippen LogP contribution in [0.4, 0.5) is 0 Å². The van der Waals surface area contributed by atoms with Crippen LogP contribution in [0.15, 0.2) is 16.8 Å². The van der Waals surface area contributed by atoms with Crippen LogP contribution in [0.1, 0.15) is 38.2 Å². The standard InChI is InChI=1S/C15H25NOS/c1-12-5-4-7-15(10-12,17-3)14(16-2)9-13-6-8-18-11-13/h6,8,11-12,14,16H,4-5,7,9-10H2,1-3H3. The lowest BCUT2D eigenvalue weighted by Gasteiger charge is -2.44. The highest BCUT2D eigenvalue weighted by Gasteiger charge is 2.41. The summed E-state index contributed by atoms with van der Waals surface area (Å²) in [5, 5.41) is 7.91. The van der Waals surface area contributed by atoms with Crippen molar-refractivity contribution < 1.29 is 4.74 Å². The van der Waals surface area contributed by atoms with E-state index < -0.39 is 0 Å². The number of thiophene rings is 1. The summed E-state index contributed by atoms with van der Waals surface area (Å²) in [6.45, 7) is 2.35. The quantitative estimate of drug-likeness (QED) is 0.882. The summed E-state index contributed by atoms with van der Waals surface area (Å²) in [6.07, 6.45) is 6.07. The van der Waals surface area contributed by atoms with Gasteiger partial charge in [0.15, 0.2) is 0 Å². The minimum atomic E-state index is 0.0222. The van der Waals surface area contributed by atoms with Crippen LogP contribution in [0.5, 0.6) is 0 Å². The molecule has 2 rings (SSSR count). The Balaban J connectivity index is 2.12. The number of hydrogen-bond acceptors (Lipinski definition) is 3. The first-order valence-electron chi connectivity index (χ1n) is 6.93. The smallest absolute Gasteiger partial charge is 0.0836 e. The summed E-state index contributed by atoms with van der Waals surface area (Å²) in [5.74, 6) is 0.775. The van der Waals surface area contributed by atoms with Crippen molar-refractivity contribution in [1.29, 1.82) is 0 Å². The minimum absolute atomic E-state index is 0.0222. The Labute approximate surface area is 115 Å². The van der Waals surface area contributed by atoms with Gasteiger partial charge in [0.25, 0.3) is 0 Å². The molecule has 1 heterocycles. The summed E-state index contributed by atoms with van der Waals surface area (Å²) in [4.78, 5) is 0. The van der Waals surface area contributed by atoms with Gasteiger partial charge >= 0.3 is 0 Å². The molecule has 0 saturated heterocycles. The van der Waals surface area contributed by atoms with Crippen molar-refractivity contribution in [2.24, 2.45) is 5.92 Å². The van der Waals surface area contributed by atoms with Gasteiger partial charge < -0.3 is 10.1 Å². The van der Waals surface area contributed by atoms with E-state index in [1.807, 2.05) is 7.11 Å². The molecule has 0 bridgehead atoms. The lowest BCUT2D eigenvalue weighted by atomic mass is 9.73. The van der Waals surface area contributed by atoms with E-state index in [0.29, 0.717) is 6.04 Å².